The van der Waals surface area contributed by atoms with Crippen LogP contribution >= 0.6 is 15.9 Å². The molecular formula is C22H22BrNO4S. The number of hydrogen-bond donors (Lipinski definition) is 0. The van der Waals surface area contributed by atoms with Crippen molar-refractivity contribution >= 4 is 42.7 Å². The SMILES string of the molecule is CCOC(=O)CN(Cc1ccc(Br)c2ccccc12)S(=O)(=O)c1ccc(C)cc1. The second kappa shape index (κ2) is 9.07. The highest BCUT2D eigenvalue weighted by Crippen LogP contribution is 2.29. The number of fused-ring (bicyclic) bond motifs is 1. The maximum atomic E-state index is 13.3. The highest BCUT2D eigenvalue weighted by atomic mass is 79.9. The number of esters is 1. The summed E-state index contributed by atoms with van der Waals surface area (Å²) in [5, 5.41) is 1.91. The Morgan fingerprint density at radius 2 is 1.66 bits per heavy atom. The third-order valence-corrected chi connectivity index (χ3v) is 7.07. The van der Waals surface area contributed by atoms with Crippen molar-refractivity contribution in [1.82, 2.24) is 4.31 Å². The minimum absolute atomic E-state index is 0.0584. The minimum atomic E-state index is -3.89. The molecule has 0 aliphatic rings. The van der Waals surface area contributed by atoms with E-state index in [9.17, 15) is 13.2 Å². The van der Waals surface area contributed by atoms with E-state index in [-0.39, 0.29) is 24.6 Å². The van der Waals surface area contributed by atoms with Crippen LogP contribution in [-0.2, 0) is 26.1 Å². The van der Waals surface area contributed by atoms with E-state index in [0.29, 0.717) is 0 Å². The normalized spacial score (nSPS) is 11.7. The summed E-state index contributed by atoms with van der Waals surface area (Å²) in [6.07, 6.45) is 0. The van der Waals surface area contributed by atoms with Gasteiger partial charge >= 0.3 is 5.97 Å². The van der Waals surface area contributed by atoms with Crippen LogP contribution in [0.1, 0.15) is 18.1 Å². The number of rotatable bonds is 7. The Hall–Kier alpha value is -2.22. The molecule has 5 nitrogen and oxygen atoms in total. The Balaban J connectivity index is 2.04. The number of hydrogen-bond acceptors (Lipinski definition) is 4. The van der Waals surface area contributed by atoms with Gasteiger partial charge in [0.05, 0.1) is 11.5 Å². The zero-order chi connectivity index (χ0) is 21.0. The number of halogens is 1. The molecule has 0 saturated carbocycles. The molecule has 3 aromatic rings. The summed E-state index contributed by atoms with van der Waals surface area (Å²) in [5.41, 5.74) is 1.77. The lowest BCUT2D eigenvalue weighted by Crippen LogP contribution is -2.36. The third-order valence-electron chi connectivity index (χ3n) is 4.58. The van der Waals surface area contributed by atoms with Crippen molar-refractivity contribution in [2.24, 2.45) is 0 Å². The molecule has 0 unspecified atom stereocenters. The van der Waals surface area contributed by atoms with E-state index < -0.39 is 16.0 Å². The quantitative estimate of drug-likeness (QED) is 0.466. The molecule has 0 N–H and O–H groups in total. The Morgan fingerprint density at radius 3 is 2.31 bits per heavy atom. The van der Waals surface area contributed by atoms with Gasteiger partial charge in [-0.1, -0.05) is 64.0 Å². The van der Waals surface area contributed by atoms with Crippen LogP contribution in [0.25, 0.3) is 10.8 Å². The summed E-state index contributed by atoms with van der Waals surface area (Å²) >= 11 is 3.54. The van der Waals surface area contributed by atoms with Crippen molar-refractivity contribution in [3.05, 3.63) is 76.3 Å². The second-order valence-electron chi connectivity index (χ2n) is 6.64. The number of nitrogens with zero attached hydrogens (tertiary/aromatic N) is 1. The van der Waals surface area contributed by atoms with E-state index in [1.165, 1.54) is 4.31 Å². The first-order chi connectivity index (χ1) is 13.8. The molecule has 29 heavy (non-hydrogen) atoms. The van der Waals surface area contributed by atoms with Gasteiger partial charge in [0.1, 0.15) is 6.54 Å². The Labute approximate surface area is 179 Å². The zero-order valence-electron chi connectivity index (χ0n) is 16.3. The summed E-state index contributed by atoms with van der Waals surface area (Å²) in [4.78, 5) is 12.3. The lowest BCUT2D eigenvalue weighted by molar-refractivity contribution is -0.143. The number of benzene rings is 3. The van der Waals surface area contributed by atoms with Gasteiger partial charge < -0.3 is 4.74 Å². The monoisotopic (exact) mass is 475 g/mol. The van der Waals surface area contributed by atoms with Gasteiger partial charge in [-0.15, -0.1) is 0 Å². The molecule has 0 saturated heterocycles. The molecule has 0 aliphatic heterocycles. The van der Waals surface area contributed by atoms with Gasteiger partial charge in [-0.3, -0.25) is 4.79 Å². The fourth-order valence-corrected chi connectivity index (χ4v) is 4.93. The van der Waals surface area contributed by atoms with E-state index >= 15 is 0 Å². The number of ether oxygens (including phenoxy) is 1. The first-order valence-corrected chi connectivity index (χ1v) is 11.4. The Morgan fingerprint density at radius 1 is 1.00 bits per heavy atom. The predicted molar refractivity (Wildman–Crippen MR) is 117 cm³/mol. The van der Waals surface area contributed by atoms with E-state index in [4.69, 9.17) is 4.74 Å². The predicted octanol–water partition coefficient (Wildman–Crippen LogP) is 4.66. The number of carbonyl (C=O) groups excluding carboxylic acids is 1. The van der Waals surface area contributed by atoms with Crippen LogP contribution in [0.15, 0.2) is 70.0 Å². The largest absolute Gasteiger partial charge is 0.465 e. The van der Waals surface area contributed by atoms with Gasteiger partial charge in [-0.2, -0.15) is 4.31 Å². The Bertz CT molecular complexity index is 1130. The van der Waals surface area contributed by atoms with Crippen LogP contribution in [0.5, 0.6) is 0 Å². The maximum absolute atomic E-state index is 13.3. The van der Waals surface area contributed by atoms with Gasteiger partial charge in [0.25, 0.3) is 0 Å². The number of sulfonamides is 1. The summed E-state index contributed by atoms with van der Waals surface area (Å²) in [5.74, 6) is -0.579. The van der Waals surface area contributed by atoms with Crippen LogP contribution < -0.4 is 0 Å². The van der Waals surface area contributed by atoms with Crippen molar-refractivity contribution in [1.29, 1.82) is 0 Å². The summed E-state index contributed by atoms with van der Waals surface area (Å²) in [7, 11) is -3.89. The van der Waals surface area contributed by atoms with Gasteiger partial charge in [0.2, 0.25) is 10.0 Å². The van der Waals surface area contributed by atoms with Gasteiger partial charge in [-0.25, -0.2) is 8.42 Å². The first-order valence-electron chi connectivity index (χ1n) is 9.21. The van der Waals surface area contributed by atoms with E-state index in [1.807, 2.05) is 43.3 Å². The maximum Gasteiger partial charge on any atom is 0.321 e. The molecule has 3 rings (SSSR count). The molecule has 0 bridgehead atoms. The smallest absolute Gasteiger partial charge is 0.321 e. The van der Waals surface area contributed by atoms with Crippen molar-refractivity contribution in [2.75, 3.05) is 13.2 Å². The summed E-state index contributed by atoms with van der Waals surface area (Å²) in [6, 6.07) is 18.1. The van der Waals surface area contributed by atoms with Crippen LogP contribution in [0.2, 0.25) is 0 Å². The van der Waals surface area contributed by atoms with Crippen LogP contribution in [0, 0.1) is 6.92 Å². The fraction of sp³-hybridized carbons (Fsp3) is 0.227. The number of carbonyl (C=O) groups is 1. The highest BCUT2D eigenvalue weighted by Gasteiger charge is 2.28. The molecule has 0 atom stereocenters. The molecule has 0 amide bonds. The van der Waals surface area contributed by atoms with E-state index in [1.54, 1.807) is 31.2 Å². The summed E-state index contributed by atoms with van der Waals surface area (Å²) < 4.78 is 33.7. The van der Waals surface area contributed by atoms with Crippen molar-refractivity contribution in [3.63, 3.8) is 0 Å². The first kappa shape index (κ1) is 21.5. The van der Waals surface area contributed by atoms with Gasteiger partial charge in [-0.05, 0) is 48.4 Å². The molecule has 7 heteroatoms. The lowest BCUT2D eigenvalue weighted by Gasteiger charge is -2.22. The Kier molecular flexibility index (Phi) is 6.72. The molecule has 0 aromatic heterocycles. The summed E-state index contributed by atoms with van der Waals surface area (Å²) in [6.45, 7) is 3.48. The van der Waals surface area contributed by atoms with Gasteiger partial charge in [0.15, 0.2) is 0 Å². The topological polar surface area (TPSA) is 63.7 Å². The molecule has 0 spiro atoms. The molecule has 3 aromatic carbocycles. The second-order valence-corrected chi connectivity index (χ2v) is 9.44. The third kappa shape index (κ3) is 4.86. The molecule has 0 radical (unpaired) electrons. The minimum Gasteiger partial charge on any atom is -0.465 e. The van der Waals surface area contributed by atoms with Crippen LogP contribution in [-0.4, -0.2) is 31.8 Å². The lowest BCUT2D eigenvalue weighted by atomic mass is 10.0. The molecule has 0 heterocycles. The molecule has 0 fully saturated rings. The van der Waals surface area contributed by atoms with Crippen molar-refractivity contribution < 1.29 is 17.9 Å². The molecule has 0 aliphatic carbocycles. The molecular weight excluding hydrogens is 454 g/mol. The molecule has 152 valence electrons. The standard InChI is InChI=1S/C22H22BrNO4S/c1-3-28-22(25)15-24(29(26,27)18-11-8-16(2)9-12-18)14-17-10-13-21(23)20-7-5-4-6-19(17)20/h4-13H,3,14-15H2,1-2H3. The van der Waals surface area contributed by atoms with Crippen molar-refractivity contribution in [3.8, 4) is 0 Å². The van der Waals surface area contributed by atoms with Crippen LogP contribution in [0.4, 0.5) is 0 Å². The zero-order valence-corrected chi connectivity index (χ0v) is 18.7. The fourth-order valence-electron chi connectivity index (χ4n) is 3.09. The highest BCUT2D eigenvalue weighted by molar-refractivity contribution is 9.10. The van der Waals surface area contributed by atoms with Crippen molar-refractivity contribution in [2.45, 2.75) is 25.3 Å². The number of aryl methyl sites for hydroxylation is 1. The van der Waals surface area contributed by atoms with E-state index in [0.717, 1.165) is 26.4 Å². The average Bonchev–Trinajstić information content (AvgIpc) is 2.70. The van der Waals surface area contributed by atoms with E-state index in [2.05, 4.69) is 15.9 Å². The average molecular weight is 476 g/mol. The van der Waals surface area contributed by atoms with Gasteiger partial charge in [0, 0.05) is 11.0 Å². The van der Waals surface area contributed by atoms with Crippen LogP contribution in [0.3, 0.4) is 0 Å².